The highest BCUT2D eigenvalue weighted by atomic mass is 35.5. The van der Waals surface area contributed by atoms with Crippen molar-refractivity contribution in [2.75, 3.05) is 13.1 Å². The minimum Gasteiger partial charge on any atom is -0.506 e. The lowest BCUT2D eigenvalue weighted by molar-refractivity contribution is 0.0773. The Morgan fingerprint density at radius 3 is 2.58 bits per heavy atom. The van der Waals surface area contributed by atoms with E-state index in [2.05, 4.69) is 4.99 Å². The van der Waals surface area contributed by atoms with Crippen molar-refractivity contribution in [1.29, 1.82) is 0 Å². The fourth-order valence-electron chi connectivity index (χ4n) is 2.24. The highest BCUT2D eigenvalue weighted by Gasteiger charge is 2.12. The second-order valence-corrected chi connectivity index (χ2v) is 5.96. The first-order chi connectivity index (χ1) is 11.5. The van der Waals surface area contributed by atoms with Crippen LogP contribution in [0.2, 0.25) is 10.0 Å². The summed E-state index contributed by atoms with van der Waals surface area (Å²) in [5.74, 6) is -0.120. The van der Waals surface area contributed by atoms with Crippen molar-refractivity contribution in [3.8, 4) is 5.75 Å². The number of phenols is 1. The Kier molecular flexibility index (Phi) is 6.23. The van der Waals surface area contributed by atoms with Crippen LogP contribution in [-0.4, -0.2) is 35.2 Å². The van der Waals surface area contributed by atoms with E-state index in [1.807, 2.05) is 13.8 Å². The van der Waals surface area contributed by atoms with Crippen molar-refractivity contribution in [3.63, 3.8) is 0 Å². The third-order valence-electron chi connectivity index (χ3n) is 3.55. The molecule has 0 radical (unpaired) electrons. The Labute approximate surface area is 151 Å². The van der Waals surface area contributed by atoms with Gasteiger partial charge < -0.3 is 10.0 Å². The van der Waals surface area contributed by atoms with Gasteiger partial charge in [0.1, 0.15) is 5.75 Å². The molecule has 4 nitrogen and oxygen atoms in total. The largest absolute Gasteiger partial charge is 0.506 e. The van der Waals surface area contributed by atoms with E-state index in [4.69, 9.17) is 23.2 Å². The predicted molar refractivity (Wildman–Crippen MR) is 99.1 cm³/mol. The normalized spacial score (nSPS) is 11.0. The number of hydrogen-bond donors (Lipinski definition) is 1. The molecule has 0 saturated carbocycles. The number of halogens is 2. The van der Waals surface area contributed by atoms with Gasteiger partial charge in [0.25, 0.3) is 5.91 Å². The SMILES string of the molecule is CCN(CC)C(=O)c1cccc(N=Cc2cc(Cl)cc(Cl)c2O)c1. The van der Waals surface area contributed by atoms with Crippen molar-refractivity contribution < 1.29 is 9.90 Å². The monoisotopic (exact) mass is 364 g/mol. The smallest absolute Gasteiger partial charge is 0.253 e. The Hall–Kier alpha value is -2.04. The van der Waals surface area contributed by atoms with Crippen LogP contribution < -0.4 is 0 Å². The van der Waals surface area contributed by atoms with Crippen LogP contribution in [0, 0.1) is 0 Å². The Balaban J connectivity index is 2.28. The summed E-state index contributed by atoms with van der Waals surface area (Å²) in [7, 11) is 0. The van der Waals surface area contributed by atoms with E-state index in [1.54, 1.807) is 35.2 Å². The third-order valence-corrected chi connectivity index (χ3v) is 4.06. The molecule has 0 heterocycles. The number of aliphatic imine (C=N–C) groups is 1. The van der Waals surface area contributed by atoms with Crippen LogP contribution in [0.1, 0.15) is 29.8 Å². The molecule has 2 aromatic rings. The van der Waals surface area contributed by atoms with Crippen molar-refractivity contribution in [2.45, 2.75) is 13.8 Å². The van der Waals surface area contributed by atoms with Crippen LogP contribution in [-0.2, 0) is 0 Å². The molecule has 0 unspecified atom stereocenters. The number of phenolic OH excluding ortho intramolecular Hbond substituents is 1. The maximum Gasteiger partial charge on any atom is 0.253 e. The van der Waals surface area contributed by atoms with Gasteiger partial charge in [-0.15, -0.1) is 0 Å². The molecular weight excluding hydrogens is 347 g/mol. The molecule has 24 heavy (non-hydrogen) atoms. The predicted octanol–water partition coefficient (Wildman–Crippen LogP) is 4.93. The molecule has 0 fully saturated rings. The molecule has 2 aromatic carbocycles. The lowest BCUT2D eigenvalue weighted by atomic mass is 10.1. The van der Waals surface area contributed by atoms with Crippen LogP contribution in [0.15, 0.2) is 41.4 Å². The first-order valence-electron chi connectivity index (χ1n) is 7.57. The number of aromatic hydroxyl groups is 1. The van der Waals surface area contributed by atoms with Crippen molar-refractivity contribution in [2.24, 2.45) is 4.99 Å². The van der Waals surface area contributed by atoms with E-state index in [-0.39, 0.29) is 16.7 Å². The summed E-state index contributed by atoms with van der Waals surface area (Å²) in [4.78, 5) is 18.4. The van der Waals surface area contributed by atoms with Gasteiger partial charge in [-0.1, -0.05) is 29.3 Å². The van der Waals surface area contributed by atoms with Crippen molar-refractivity contribution >= 4 is 41.0 Å². The number of hydrogen-bond acceptors (Lipinski definition) is 3. The number of benzene rings is 2. The molecule has 1 N–H and O–H groups in total. The third kappa shape index (κ3) is 4.28. The molecule has 0 saturated heterocycles. The molecule has 126 valence electrons. The molecule has 0 atom stereocenters. The maximum atomic E-state index is 12.4. The van der Waals surface area contributed by atoms with E-state index in [9.17, 15) is 9.90 Å². The van der Waals surface area contributed by atoms with Gasteiger partial charge in [0.05, 0.1) is 10.7 Å². The van der Waals surface area contributed by atoms with Crippen LogP contribution in [0.3, 0.4) is 0 Å². The number of rotatable bonds is 5. The van der Waals surface area contributed by atoms with Gasteiger partial charge in [-0.2, -0.15) is 0 Å². The zero-order valence-electron chi connectivity index (χ0n) is 13.5. The van der Waals surface area contributed by atoms with Gasteiger partial charge in [0, 0.05) is 35.5 Å². The zero-order chi connectivity index (χ0) is 17.7. The number of carbonyl (C=O) groups is 1. The lowest BCUT2D eigenvalue weighted by Gasteiger charge is -2.18. The summed E-state index contributed by atoms with van der Waals surface area (Å²) in [6.07, 6.45) is 1.47. The van der Waals surface area contributed by atoms with Gasteiger partial charge >= 0.3 is 0 Å². The molecule has 0 aliphatic heterocycles. The second kappa shape index (κ2) is 8.18. The first-order valence-corrected chi connectivity index (χ1v) is 8.33. The first kappa shape index (κ1) is 18.3. The Morgan fingerprint density at radius 1 is 1.21 bits per heavy atom. The zero-order valence-corrected chi connectivity index (χ0v) is 15.0. The molecule has 0 bridgehead atoms. The van der Waals surface area contributed by atoms with E-state index < -0.39 is 0 Å². The van der Waals surface area contributed by atoms with Gasteiger partial charge in [-0.25, -0.2) is 0 Å². The van der Waals surface area contributed by atoms with Crippen molar-refractivity contribution in [3.05, 3.63) is 57.6 Å². The maximum absolute atomic E-state index is 12.4. The second-order valence-electron chi connectivity index (χ2n) is 5.11. The van der Waals surface area contributed by atoms with E-state index in [1.165, 1.54) is 12.3 Å². The summed E-state index contributed by atoms with van der Waals surface area (Å²) < 4.78 is 0. The van der Waals surface area contributed by atoms with Gasteiger partial charge in [0.15, 0.2) is 0 Å². The molecule has 0 spiro atoms. The van der Waals surface area contributed by atoms with Gasteiger partial charge in [-0.3, -0.25) is 9.79 Å². The van der Waals surface area contributed by atoms with Gasteiger partial charge in [0.2, 0.25) is 0 Å². The summed E-state index contributed by atoms with van der Waals surface area (Å²) in [5.41, 5.74) is 1.58. The van der Waals surface area contributed by atoms with Crippen LogP contribution in [0.5, 0.6) is 5.75 Å². The van der Waals surface area contributed by atoms with Crippen molar-refractivity contribution in [1.82, 2.24) is 4.90 Å². The highest BCUT2D eigenvalue weighted by Crippen LogP contribution is 2.30. The van der Waals surface area contributed by atoms with Crippen LogP contribution in [0.4, 0.5) is 5.69 Å². The van der Waals surface area contributed by atoms with E-state index in [0.717, 1.165) is 0 Å². The Morgan fingerprint density at radius 2 is 1.92 bits per heavy atom. The highest BCUT2D eigenvalue weighted by molar-refractivity contribution is 6.36. The molecule has 0 aromatic heterocycles. The topological polar surface area (TPSA) is 52.9 Å². The molecule has 0 aliphatic carbocycles. The average Bonchev–Trinajstić information content (AvgIpc) is 2.58. The number of nitrogens with zero attached hydrogens (tertiary/aromatic N) is 2. The van der Waals surface area contributed by atoms with E-state index >= 15 is 0 Å². The van der Waals surface area contributed by atoms with Crippen LogP contribution >= 0.6 is 23.2 Å². The van der Waals surface area contributed by atoms with Crippen LogP contribution in [0.25, 0.3) is 0 Å². The molecule has 2 rings (SSSR count). The fourth-order valence-corrected chi connectivity index (χ4v) is 2.75. The average molecular weight is 365 g/mol. The van der Waals surface area contributed by atoms with Gasteiger partial charge in [-0.05, 0) is 44.2 Å². The summed E-state index contributed by atoms with van der Waals surface area (Å²) in [6.45, 7) is 5.18. The fraction of sp³-hybridized carbons (Fsp3) is 0.222. The molecule has 1 amide bonds. The summed E-state index contributed by atoms with van der Waals surface area (Å²) >= 11 is 11.8. The molecule has 0 aliphatic rings. The Bertz CT molecular complexity index is 772. The summed E-state index contributed by atoms with van der Waals surface area (Å²) in [5, 5.41) is 10.5. The number of carbonyl (C=O) groups excluding carboxylic acids is 1. The quantitative estimate of drug-likeness (QED) is 0.764. The lowest BCUT2D eigenvalue weighted by Crippen LogP contribution is -2.30. The standard InChI is InChI=1S/C18H18Cl2N2O2/c1-3-22(4-2)18(24)12-6-5-7-15(9-12)21-11-13-8-14(19)10-16(20)17(13)23/h5-11,23H,3-4H2,1-2H3. The summed E-state index contributed by atoms with van der Waals surface area (Å²) in [6, 6.07) is 10.0. The molecular formula is C18H18Cl2N2O2. The van der Waals surface area contributed by atoms with E-state index in [0.29, 0.717) is 34.9 Å². The minimum absolute atomic E-state index is 0.0364. The molecule has 6 heteroatoms. The number of amides is 1. The minimum atomic E-state index is -0.0832.